The predicted molar refractivity (Wildman–Crippen MR) is 353 cm³/mol. The first-order valence-electron chi connectivity index (χ1n) is 34.7. The number of allylic oxidation sites excluding steroid dienone is 16. The summed E-state index contributed by atoms with van der Waals surface area (Å²) in [5.41, 5.74) is 0. The van der Waals surface area contributed by atoms with Crippen molar-refractivity contribution in [2.24, 2.45) is 0 Å². The topological polar surface area (TPSA) is 78.9 Å². The summed E-state index contributed by atoms with van der Waals surface area (Å²) in [5, 5.41) is 0. The van der Waals surface area contributed by atoms with Gasteiger partial charge in [-0.15, -0.1) is 0 Å². The Labute approximate surface area is 502 Å². The molecule has 0 N–H and O–H groups in total. The van der Waals surface area contributed by atoms with Crippen molar-refractivity contribution in [2.45, 2.75) is 348 Å². The molecule has 0 fully saturated rings. The van der Waals surface area contributed by atoms with Gasteiger partial charge in [0.1, 0.15) is 13.2 Å². The summed E-state index contributed by atoms with van der Waals surface area (Å²) < 4.78 is 16.9. The highest BCUT2D eigenvalue weighted by Gasteiger charge is 2.19. The van der Waals surface area contributed by atoms with Gasteiger partial charge in [-0.3, -0.25) is 14.4 Å². The Morgan fingerprint density at radius 1 is 0.259 bits per heavy atom. The van der Waals surface area contributed by atoms with Crippen LogP contribution in [0.2, 0.25) is 0 Å². The van der Waals surface area contributed by atoms with Gasteiger partial charge in [-0.05, 0) is 109 Å². The van der Waals surface area contributed by atoms with Crippen LogP contribution in [0.15, 0.2) is 97.2 Å². The Morgan fingerprint density at radius 3 is 0.852 bits per heavy atom. The number of ether oxygens (including phenoxy) is 3. The smallest absolute Gasteiger partial charge is 0.306 e. The van der Waals surface area contributed by atoms with E-state index in [0.717, 1.165) is 109 Å². The fraction of sp³-hybridized carbons (Fsp3) is 0.747. The molecule has 466 valence electrons. The van der Waals surface area contributed by atoms with Crippen molar-refractivity contribution in [3.05, 3.63) is 97.2 Å². The Bertz CT molecular complexity index is 1580. The highest BCUT2D eigenvalue weighted by molar-refractivity contribution is 5.71. The van der Waals surface area contributed by atoms with Crippen LogP contribution in [0.25, 0.3) is 0 Å². The van der Waals surface area contributed by atoms with E-state index in [0.29, 0.717) is 19.3 Å². The van der Waals surface area contributed by atoms with Gasteiger partial charge >= 0.3 is 17.9 Å². The molecule has 0 aromatic rings. The standard InChI is InChI=1S/C75H130O6/c1-4-7-10-13-16-19-22-25-27-29-30-31-32-33-34-35-36-37-38-39-40-41-42-43-44-46-47-50-53-56-59-62-65-68-74(77)80-71-72(70-79-73(76)67-64-61-58-55-52-49-24-21-18-15-12-9-6-3)81-75(78)69-66-63-60-57-54-51-48-45-28-26-23-20-17-14-11-8-5-2/h8,11-12,15,17,20-21,24,26,28-30,48,51,57,60,72H,4-7,9-10,13-14,16,18-19,22-23,25,27,31-47,49-50,52-56,58-59,61-71H2,1-3H3/b11-8-,15-12-,20-17-,24-21-,28-26-,30-29-,51-48-,60-57-. The molecule has 0 radical (unpaired) electrons. The van der Waals surface area contributed by atoms with Gasteiger partial charge in [0, 0.05) is 19.3 Å². The number of esters is 3. The summed E-state index contributed by atoms with van der Waals surface area (Å²) in [7, 11) is 0. The maximum Gasteiger partial charge on any atom is 0.306 e. The van der Waals surface area contributed by atoms with Crippen LogP contribution in [0, 0.1) is 0 Å². The number of hydrogen-bond donors (Lipinski definition) is 0. The third-order valence-corrected chi connectivity index (χ3v) is 15.0. The lowest BCUT2D eigenvalue weighted by atomic mass is 10.0. The van der Waals surface area contributed by atoms with E-state index in [2.05, 4.69) is 118 Å². The van der Waals surface area contributed by atoms with E-state index >= 15 is 0 Å². The van der Waals surface area contributed by atoms with Gasteiger partial charge in [-0.25, -0.2) is 0 Å². The van der Waals surface area contributed by atoms with Crippen LogP contribution in [0.5, 0.6) is 0 Å². The molecule has 0 aliphatic carbocycles. The Kier molecular flexibility index (Phi) is 65.7. The lowest BCUT2D eigenvalue weighted by Crippen LogP contribution is -2.30. The average molecular weight is 1130 g/mol. The minimum atomic E-state index is -0.814. The second-order valence-electron chi connectivity index (χ2n) is 23.1. The van der Waals surface area contributed by atoms with E-state index in [9.17, 15) is 14.4 Å². The fourth-order valence-corrected chi connectivity index (χ4v) is 9.87. The van der Waals surface area contributed by atoms with Crippen molar-refractivity contribution in [1.29, 1.82) is 0 Å². The van der Waals surface area contributed by atoms with Gasteiger partial charge in [0.25, 0.3) is 0 Å². The van der Waals surface area contributed by atoms with Crippen molar-refractivity contribution in [3.63, 3.8) is 0 Å². The average Bonchev–Trinajstić information content (AvgIpc) is 3.46. The van der Waals surface area contributed by atoms with E-state index in [-0.39, 0.29) is 37.5 Å². The molecule has 0 saturated carbocycles. The molecular formula is C75H130O6. The molecule has 0 aromatic carbocycles. The van der Waals surface area contributed by atoms with Gasteiger partial charge in [-0.2, -0.15) is 0 Å². The highest BCUT2D eigenvalue weighted by Crippen LogP contribution is 2.17. The molecule has 1 atom stereocenters. The van der Waals surface area contributed by atoms with Crippen molar-refractivity contribution in [1.82, 2.24) is 0 Å². The van der Waals surface area contributed by atoms with Gasteiger partial charge in [0.05, 0.1) is 0 Å². The first kappa shape index (κ1) is 77.3. The maximum atomic E-state index is 12.9. The molecule has 6 nitrogen and oxygen atoms in total. The molecule has 0 spiro atoms. The maximum absolute atomic E-state index is 12.9. The van der Waals surface area contributed by atoms with Crippen LogP contribution in [-0.2, 0) is 28.6 Å². The molecule has 0 aromatic heterocycles. The predicted octanol–water partition coefficient (Wildman–Crippen LogP) is 24.0. The Morgan fingerprint density at radius 2 is 0.519 bits per heavy atom. The van der Waals surface area contributed by atoms with Crippen molar-refractivity contribution < 1.29 is 28.6 Å². The van der Waals surface area contributed by atoms with Crippen LogP contribution in [0.1, 0.15) is 342 Å². The van der Waals surface area contributed by atoms with E-state index in [1.165, 1.54) is 186 Å². The monoisotopic (exact) mass is 1130 g/mol. The minimum absolute atomic E-state index is 0.103. The molecule has 0 saturated heterocycles. The van der Waals surface area contributed by atoms with E-state index < -0.39 is 6.10 Å². The van der Waals surface area contributed by atoms with E-state index in [1.807, 2.05) is 0 Å². The summed E-state index contributed by atoms with van der Waals surface area (Å²) in [5.74, 6) is -0.966. The Hall–Kier alpha value is -3.67. The molecule has 0 aliphatic rings. The molecule has 6 heteroatoms. The van der Waals surface area contributed by atoms with Crippen LogP contribution in [-0.4, -0.2) is 37.2 Å². The van der Waals surface area contributed by atoms with Crippen LogP contribution >= 0.6 is 0 Å². The summed E-state index contributed by atoms with van der Waals surface area (Å²) >= 11 is 0. The number of rotatable bonds is 63. The second-order valence-corrected chi connectivity index (χ2v) is 23.1. The molecule has 0 rings (SSSR count). The van der Waals surface area contributed by atoms with Crippen LogP contribution in [0.4, 0.5) is 0 Å². The van der Waals surface area contributed by atoms with E-state index in [4.69, 9.17) is 14.2 Å². The number of unbranched alkanes of at least 4 members (excludes halogenated alkanes) is 36. The normalized spacial score (nSPS) is 12.7. The summed E-state index contributed by atoms with van der Waals surface area (Å²) in [6, 6.07) is 0. The molecule has 0 heterocycles. The third kappa shape index (κ3) is 67.0. The highest BCUT2D eigenvalue weighted by atomic mass is 16.6. The molecular weight excluding hydrogens is 997 g/mol. The number of carbonyl (C=O) groups excluding carboxylic acids is 3. The van der Waals surface area contributed by atoms with Gasteiger partial charge < -0.3 is 14.2 Å². The van der Waals surface area contributed by atoms with E-state index in [1.54, 1.807) is 0 Å². The van der Waals surface area contributed by atoms with Crippen molar-refractivity contribution in [2.75, 3.05) is 13.2 Å². The SMILES string of the molecule is CC/C=C\C/C=C\C/C=C\C/C=C\C/C=C\CCCC(=O)OC(COC(=O)CCCCCCC/C=C\C/C=C\CCC)COC(=O)CCCCCCCCCCCCCCCCCCCCCCC/C=C\CCCCCCCCCC. The summed E-state index contributed by atoms with van der Waals surface area (Å²) in [6.07, 6.45) is 93.2. The quantitative estimate of drug-likeness (QED) is 0.0261. The zero-order chi connectivity index (χ0) is 58.5. The fourth-order valence-electron chi connectivity index (χ4n) is 9.87. The molecule has 1 unspecified atom stereocenters. The third-order valence-electron chi connectivity index (χ3n) is 15.0. The largest absolute Gasteiger partial charge is 0.462 e. The Balaban J connectivity index is 4.19. The van der Waals surface area contributed by atoms with Gasteiger partial charge in [0.15, 0.2) is 6.10 Å². The summed E-state index contributed by atoms with van der Waals surface area (Å²) in [4.78, 5) is 38.3. The number of hydrogen-bond acceptors (Lipinski definition) is 6. The molecule has 0 bridgehead atoms. The zero-order valence-electron chi connectivity index (χ0n) is 53.5. The first-order chi connectivity index (χ1) is 40.0. The summed E-state index contributed by atoms with van der Waals surface area (Å²) in [6.45, 7) is 6.43. The number of carbonyl (C=O) groups is 3. The second kappa shape index (κ2) is 68.8. The minimum Gasteiger partial charge on any atom is -0.462 e. The van der Waals surface area contributed by atoms with Crippen LogP contribution in [0.3, 0.4) is 0 Å². The first-order valence-corrected chi connectivity index (χ1v) is 34.7. The van der Waals surface area contributed by atoms with Gasteiger partial charge in [-0.1, -0.05) is 311 Å². The zero-order valence-corrected chi connectivity index (χ0v) is 53.5. The van der Waals surface area contributed by atoms with Crippen LogP contribution < -0.4 is 0 Å². The lowest BCUT2D eigenvalue weighted by Gasteiger charge is -2.18. The molecule has 0 aliphatic heterocycles. The lowest BCUT2D eigenvalue weighted by molar-refractivity contribution is -0.167. The molecule has 0 amide bonds. The molecule has 81 heavy (non-hydrogen) atoms. The van der Waals surface area contributed by atoms with Crippen molar-refractivity contribution in [3.8, 4) is 0 Å². The van der Waals surface area contributed by atoms with Crippen molar-refractivity contribution >= 4 is 17.9 Å². The van der Waals surface area contributed by atoms with Gasteiger partial charge in [0.2, 0.25) is 0 Å².